The number of amides is 1. The van der Waals surface area contributed by atoms with E-state index in [1.807, 2.05) is 0 Å². The van der Waals surface area contributed by atoms with Gasteiger partial charge in [-0.05, 0) is 25.1 Å². The third-order valence-electron chi connectivity index (χ3n) is 3.74. The first-order valence-corrected chi connectivity index (χ1v) is 7.57. The highest BCUT2D eigenvalue weighted by Crippen LogP contribution is 2.15. The van der Waals surface area contributed by atoms with Gasteiger partial charge in [-0.1, -0.05) is 18.2 Å². The molecule has 1 aliphatic heterocycles. The van der Waals surface area contributed by atoms with Gasteiger partial charge < -0.3 is 15.0 Å². The number of carbonyl (C=O) groups is 1. The standard InChI is InChI=1S/C16H25N3O2/c1-21-14-16(20)17-8-5-9-18-10-12-19(13-11-18)15-6-3-2-4-7-15/h2-4,6-7H,5,8-14H2,1H3,(H,17,20). The van der Waals surface area contributed by atoms with Crippen LogP contribution in [-0.4, -0.2) is 63.8 Å². The first-order chi connectivity index (χ1) is 10.3. The summed E-state index contributed by atoms with van der Waals surface area (Å²) >= 11 is 0. The van der Waals surface area contributed by atoms with E-state index in [1.54, 1.807) is 0 Å². The normalized spacial score (nSPS) is 16.0. The second-order valence-corrected chi connectivity index (χ2v) is 5.30. The number of hydrogen-bond donors (Lipinski definition) is 1. The summed E-state index contributed by atoms with van der Waals surface area (Å²) in [6.45, 7) is 6.22. The van der Waals surface area contributed by atoms with Crippen LogP contribution in [0.25, 0.3) is 0 Å². The molecule has 0 radical (unpaired) electrons. The molecule has 0 bridgehead atoms. The van der Waals surface area contributed by atoms with Gasteiger partial charge >= 0.3 is 0 Å². The highest BCUT2D eigenvalue weighted by molar-refractivity contribution is 5.77. The molecule has 1 N–H and O–H groups in total. The lowest BCUT2D eigenvalue weighted by molar-refractivity contribution is -0.124. The van der Waals surface area contributed by atoms with Crippen molar-refractivity contribution in [2.45, 2.75) is 6.42 Å². The molecule has 5 heteroatoms. The van der Waals surface area contributed by atoms with E-state index in [4.69, 9.17) is 4.74 Å². The van der Waals surface area contributed by atoms with Crippen LogP contribution in [0.5, 0.6) is 0 Å². The minimum absolute atomic E-state index is 0.0357. The van der Waals surface area contributed by atoms with Gasteiger partial charge in [0, 0.05) is 45.5 Å². The zero-order valence-electron chi connectivity index (χ0n) is 12.8. The van der Waals surface area contributed by atoms with Gasteiger partial charge in [-0.3, -0.25) is 9.69 Å². The van der Waals surface area contributed by atoms with E-state index in [0.29, 0.717) is 0 Å². The second kappa shape index (κ2) is 8.64. The molecule has 2 rings (SSSR count). The van der Waals surface area contributed by atoms with Crippen LogP contribution in [0.4, 0.5) is 5.69 Å². The summed E-state index contributed by atoms with van der Waals surface area (Å²) in [6.07, 6.45) is 0.987. The molecule has 1 aromatic rings. The van der Waals surface area contributed by atoms with Gasteiger partial charge in [0.2, 0.25) is 5.91 Å². The fourth-order valence-electron chi connectivity index (χ4n) is 2.58. The molecule has 1 fully saturated rings. The SMILES string of the molecule is COCC(=O)NCCCN1CCN(c2ccccc2)CC1. The number of piperazine rings is 1. The number of ether oxygens (including phenoxy) is 1. The van der Waals surface area contributed by atoms with E-state index >= 15 is 0 Å². The number of methoxy groups -OCH3 is 1. The fourth-order valence-corrected chi connectivity index (χ4v) is 2.58. The molecule has 1 amide bonds. The number of benzene rings is 1. The van der Waals surface area contributed by atoms with E-state index in [2.05, 4.69) is 45.4 Å². The summed E-state index contributed by atoms with van der Waals surface area (Å²) < 4.78 is 4.78. The number of para-hydroxylation sites is 1. The Morgan fingerprint density at radius 2 is 1.90 bits per heavy atom. The van der Waals surface area contributed by atoms with E-state index < -0.39 is 0 Å². The van der Waals surface area contributed by atoms with E-state index in [0.717, 1.165) is 45.7 Å². The Bertz CT molecular complexity index is 417. The fraction of sp³-hybridized carbons (Fsp3) is 0.562. The van der Waals surface area contributed by atoms with Crippen LogP contribution in [0.15, 0.2) is 30.3 Å². The predicted molar refractivity (Wildman–Crippen MR) is 84.6 cm³/mol. The third-order valence-corrected chi connectivity index (χ3v) is 3.74. The quantitative estimate of drug-likeness (QED) is 0.760. The molecule has 0 spiro atoms. The monoisotopic (exact) mass is 291 g/mol. The lowest BCUT2D eigenvalue weighted by Crippen LogP contribution is -2.47. The van der Waals surface area contributed by atoms with Crippen LogP contribution in [0.2, 0.25) is 0 Å². The minimum Gasteiger partial charge on any atom is -0.375 e. The Labute approximate surface area is 126 Å². The minimum atomic E-state index is -0.0357. The van der Waals surface area contributed by atoms with Gasteiger partial charge in [-0.15, -0.1) is 0 Å². The van der Waals surface area contributed by atoms with Crippen molar-refractivity contribution in [3.05, 3.63) is 30.3 Å². The van der Waals surface area contributed by atoms with Crippen molar-refractivity contribution in [3.8, 4) is 0 Å². The molecule has 0 aromatic heterocycles. The van der Waals surface area contributed by atoms with Crippen LogP contribution in [0, 0.1) is 0 Å². The van der Waals surface area contributed by atoms with Crippen molar-refractivity contribution >= 4 is 11.6 Å². The lowest BCUT2D eigenvalue weighted by Gasteiger charge is -2.36. The first-order valence-electron chi connectivity index (χ1n) is 7.57. The first kappa shape index (κ1) is 15.8. The van der Waals surface area contributed by atoms with E-state index in [1.165, 1.54) is 12.8 Å². The zero-order valence-corrected chi connectivity index (χ0v) is 12.8. The zero-order chi connectivity index (χ0) is 14.9. The van der Waals surface area contributed by atoms with Gasteiger partial charge in [0.15, 0.2) is 0 Å². The van der Waals surface area contributed by atoms with Gasteiger partial charge in [0.1, 0.15) is 6.61 Å². The van der Waals surface area contributed by atoms with Crippen LogP contribution in [0.3, 0.4) is 0 Å². The Kier molecular flexibility index (Phi) is 6.50. The van der Waals surface area contributed by atoms with Gasteiger partial charge in [0.25, 0.3) is 0 Å². The summed E-state index contributed by atoms with van der Waals surface area (Å²) in [5, 5.41) is 2.86. The van der Waals surface area contributed by atoms with E-state index in [-0.39, 0.29) is 12.5 Å². The molecule has 116 valence electrons. The molecule has 0 aliphatic carbocycles. The Morgan fingerprint density at radius 1 is 1.19 bits per heavy atom. The number of anilines is 1. The molecule has 1 aliphatic rings. The third kappa shape index (κ3) is 5.36. The van der Waals surface area contributed by atoms with Crippen molar-refractivity contribution in [1.82, 2.24) is 10.2 Å². The maximum atomic E-state index is 11.2. The number of nitrogens with one attached hydrogen (secondary N) is 1. The van der Waals surface area contributed by atoms with Crippen molar-refractivity contribution in [3.63, 3.8) is 0 Å². The Hall–Kier alpha value is -1.59. The van der Waals surface area contributed by atoms with Gasteiger partial charge in [-0.25, -0.2) is 0 Å². The van der Waals surface area contributed by atoms with Crippen molar-refractivity contribution in [2.24, 2.45) is 0 Å². The summed E-state index contributed by atoms with van der Waals surface area (Å²) in [4.78, 5) is 16.1. The van der Waals surface area contributed by atoms with Crippen LogP contribution in [-0.2, 0) is 9.53 Å². The molecule has 0 atom stereocenters. The second-order valence-electron chi connectivity index (χ2n) is 5.30. The lowest BCUT2D eigenvalue weighted by atomic mass is 10.2. The molecule has 1 aromatic carbocycles. The Morgan fingerprint density at radius 3 is 2.57 bits per heavy atom. The molecule has 1 heterocycles. The summed E-state index contributed by atoms with van der Waals surface area (Å²) in [7, 11) is 1.53. The predicted octanol–water partition coefficient (Wildman–Crippen LogP) is 0.961. The molecular weight excluding hydrogens is 266 g/mol. The highest BCUT2D eigenvalue weighted by atomic mass is 16.5. The molecule has 5 nitrogen and oxygen atoms in total. The van der Waals surface area contributed by atoms with Crippen LogP contribution < -0.4 is 10.2 Å². The van der Waals surface area contributed by atoms with Crippen molar-refractivity contribution in [1.29, 1.82) is 0 Å². The smallest absolute Gasteiger partial charge is 0.245 e. The summed E-state index contributed by atoms with van der Waals surface area (Å²) in [6, 6.07) is 10.6. The summed E-state index contributed by atoms with van der Waals surface area (Å²) in [5.41, 5.74) is 1.31. The summed E-state index contributed by atoms with van der Waals surface area (Å²) in [5.74, 6) is -0.0357. The van der Waals surface area contributed by atoms with Crippen LogP contribution in [0.1, 0.15) is 6.42 Å². The molecule has 1 saturated heterocycles. The molecule has 0 saturated carbocycles. The number of hydrogen-bond acceptors (Lipinski definition) is 4. The number of carbonyl (C=O) groups excluding carboxylic acids is 1. The maximum Gasteiger partial charge on any atom is 0.245 e. The van der Waals surface area contributed by atoms with Gasteiger partial charge in [-0.2, -0.15) is 0 Å². The molecular formula is C16H25N3O2. The van der Waals surface area contributed by atoms with Crippen LogP contribution >= 0.6 is 0 Å². The van der Waals surface area contributed by atoms with Crippen molar-refractivity contribution < 1.29 is 9.53 Å². The average Bonchev–Trinajstić information content (AvgIpc) is 2.53. The molecule has 0 unspecified atom stereocenters. The number of nitrogens with zero attached hydrogens (tertiary/aromatic N) is 2. The van der Waals surface area contributed by atoms with Crippen molar-refractivity contribution in [2.75, 3.05) is 57.9 Å². The number of rotatable bonds is 7. The topological polar surface area (TPSA) is 44.8 Å². The van der Waals surface area contributed by atoms with Gasteiger partial charge in [0.05, 0.1) is 0 Å². The Balaban J connectivity index is 1.60. The van der Waals surface area contributed by atoms with E-state index in [9.17, 15) is 4.79 Å². The average molecular weight is 291 g/mol. The molecule has 21 heavy (non-hydrogen) atoms. The largest absolute Gasteiger partial charge is 0.375 e. The maximum absolute atomic E-state index is 11.2. The highest BCUT2D eigenvalue weighted by Gasteiger charge is 2.16.